The molecule has 1 rings (SSSR count). The van der Waals surface area contributed by atoms with Crippen molar-refractivity contribution in [2.75, 3.05) is 12.8 Å². The van der Waals surface area contributed by atoms with Crippen LogP contribution in [-0.2, 0) is 6.54 Å². The Morgan fingerprint density at radius 3 is 2.67 bits per heavy atom. The largest absolute Gasteiger partial charge is 0.310 e. The molecular weight excluding hydrogens is 224 g/mol. The molecule has 0 saturated carbocycles. The maximum Gasteiger partial charge on any atom is 0.0795 e. The molecule has 0 spiro atoms. The van der Waals surface area contributed by atoms with Crippen LogP contribution in [-0.4, -0.2) is 22.5 Å². The van der Waals surface area contributed by atoms with Gasteiger partial charge in [0.15, 0.2) is 0 Å². The van der Waals surface area contributed by atoms with E-state index in [0.29, 0.717) is 4.75 Å². The zero-order valence-electron chi connectivity index (χ0n) is 9.75. The van der Waals surface area contributed by atoms with E-state index in [4.69, 9.17) is 0 Å². The first-order valence-electron chi connectivity index (χ1n) is 5.39. The van der Waals surface area contributed by atoms with Gasteiger partial charge in [0.2, 0.25) is 0 Å². The van der Waals surface area contributed by atoms with Crippen LogP contribution in [0.5, 0.6) is 0 Å². The molecule has 0 radical (unpaired) electrons. The summed E-state index contributed by atoms with van der Waals surface area (Å²) in [5.41, 5.74) is 3.04. The Kier molecular flexibility index (Phi) is 5.64. The van der Waals surface area contributed by atoms with E-state index in [2.05, 4.69) is 35.8 Å². The van der Waals surface area contributed by atoms with E-state index >= 15 is 0 Å². The summed E-state index contributed by atoms with van der Waals surface area (Å²) in [6, 6.07) is 0. The fraction of sp³-hybridized carbons (Fsp3) is 0.727. The lowest BCUT2D eigenvalue weighted by molar-refractivity contribution is 0.493. The van der Waals surface area contributed by atoms with Crippen molar-refractivity contribution in [2.24, 2.45) is 0 Å². The van der Waals surface area contributed by atoms with E-state index in [-0.39, 0.29) is 0 Å². The van der Waals surface area contributed by atoms with Crippen molar-refractivity contribution in [3.63, 3.8) is 0 Å². The summed E-state index contributed by atoms with van der Waals surface area (Å²) in [5, 5.41) is 5.61. The number of rotatable bonds is 7. The first kappa shape index (κ1) is 13.0. The van der Waals surface area contributed by atoms with E-state index in [9.17, 15) is 0 Å². The Morgan fingerprint density at radius 1 is 1.47 bits per heavy atom. The van der Waals surface area contributed by atoms with Crippen LogP contribution in [0.1, 0.15) is 32.4 Å². The summed E-state index contributed by atoms with van der Waals surface area (Å²) in [4.78, 5) is 4.26. The number of hydrogen-bond acceptors (Lipinski definition) is 4. The van der Waals surface area contributed by atoms with Gasteiger partial charge in [-0.1, -0.05) is 13.8 Å². The van der Waals surface area contributed by atoms with Gasteiger partial charge < -0.3 is 5.32 Å². The lowest BCUT2D eigenvalue weighted by Gasteiger charge is -2.29. The second-order valence-corrected chi connectivity index (χ2v) is 5.67. The highest BCUT2D eigenvalue weighted by molar-refractivity contribution is 8.00. The van der Waals surface area contributed by atoms with Crippen molar-refractivity contribution < 1.29 is 0 Å². The molecule has 0 unspecified atom stereocenters. The molecule has 0 aliphatic carbocycles. The first-order chi connectivity index (χ1) is 7.26. The summed E-state index contributed by atoms with van der Waals surface area (Å²) in [6.07, 6.45) is 4.64. The summed E-state index contributed by atoms with van der Waals surface area (Å²) in [6.45, 7) is 6.50. The van der Waals surface area contributed by atoms with Crippen LogP contribution >= 0.6 is 23.1 Å². The fourth-order valence-corrected chi connectivity index (χ4v) is 2.99. The topological polar surface area (TPSA) is 24.9 Å². The molecule has 0 atom stereocenters. The highest BCUT2D eigenvalue weighted by atomic mass is 32.2. The predicted octanol–water partition coefficient (Wildman–Crippen LogP) is 3.15. The zero-order valence-corrected chi connectivity index (χ0v) is 11.4. The summed E-state index contributed by atoms with van der Waals surface area (Å²) in [5.74, 6) is 0. The molecule has 1 heterocycles. The molecule has 0 fully saturated rings. The lowest BCUT2D eigenvalue weighted by Crippen LogP contribution is -2.36. The van der Waals surface area contributed by atoms with E-state index in [1.165, 1.54) is 12.8 Å². The number of thiazole rings is 1. The molecule has 0 aliphatic heterocycles. The number of nitrogens with zero attached hydrogens (tertiary/aromatic N) is 1. The van der Waals surface area contributed by atoms with Crippen LogP contribution in [0, 0.1) is 0 Å². The fourth-order valence-electron chi connectivity index (χ4n) is 1.60. The molecule has 0 saturated heterocycles. The highest BCUT2D eigenvalue weighted by Gasteiger charge is 2.23. The Hall–Kier alpha value is -0.0600. The van der Waals surface area contributed by atoms with Gasteiger partial charge in [0.25, 0.3) is 0 Å². The Balaban J connectivity index is 2.34. The van der Waals surface area contributed by atoms with Crippen LogP contribution in [0.15, 0.2) is 10.9 Å². The second kappa shape index (κ2) is 6.51. The van der Waals surface area contributed by atoms with Gasteiger partial charge in [-0.25, -0.2) is 4.98 Å². The van der Waals surface area contributed by atoms with Crippen molar-refractivity contribution in [1.82, 2.24) is 10.3 Å². The molecule has 86 valence electrons. The average molecular weight is 244 g/mol. The van der Waals surface area contributed by atoms with Gasteiger partial charge >= 0.3 is 0 Å². The molecule has 0 aromatic carbocycles. The van der Waals surface area contributed by atoms with Gasteiger partial charge in [-0.3, -0.25) is 0 Å². The second-order valence-electron chi connectivity index (χ2n) is 3.68. The predicted molar refractivity (Wildman–Crippen MR) is 70.6 cm³/mol. The third-order valence-electron chi connectivity index (χ3n) is 2.96. The van der Waals surface area contributed by atoms with Crippen LogP contribution < -0.4 is 5.32 Å². The summed E-state index contributed by atoms with van der Waals surface area (Å²) < 4.78 is 0.399. The summed E-state index contributed by atoms with van der Waals surface area (Å²) in [7, 11) is 0. The SMILES string of the molecule is CCC(CC)(CNCc1cscn1)SC. The Morgan fingerprint density at radius 2 is 2.20 bits per heavy atom. The maximum absolute atomic E-state index is 4.26. The minimum atomic E-state index is 0.399. The van der Waals surface area contributed by atoms with Crippen LogP contribution in [0.25, 0.3) is 0 Å². The smallest absolute Gasteiger partial charge is 0.0795 e. The van der Waals surface area contributed by atoms with E-state index < -0.39 is 0 Å². The third kappa shape index (κ3) is 3.78. The Labute approximate surface area is 101 Å². The molecule has 1 aromatic heterocycles. The van der Waals surface area contributed by atoms with E-state index in [0.717, 1.165) is 18.8 Å². The van der Waals surface area contributed by atoms with Gasteiger partial charge in [-0.15, -0.1) is 11.3 Å². The molecule has 1 N–H and O–H groups in total. The van der Waals surface area contributed by atoms with E-state index in [1.54, 1.807) is 11.3 Å². The van der Waals surface area contributed by atoms with Gasteiger partial charge in [0, 0.05) is 23.2 Å². The lowest BCUT2D eigenvalue weighted by atomic mass is 10.0. The normalized spacial score (nSPS) is 11.9. The average Bonchev–Trinajstić information content (AvgIpc) is 2.78. The monoisotopic (exact) mass is 244 g/mol. The molecule has 0 amide bonds. The highest BCUT2D eigenvalue weighted by Crippen LogP contribution is 2.29. The van der Waals surface area contributed by atoms with Crippen LogP contribution in [0.4, 0.5) is 0 Å². The van der Waals surface area contributed by atoms with Gasteiger partial charge in [0.05, 0.1) is 11.2 Å². The molecule has 4 heteroatoms. The molecule has 1 aromatic rings. The van der Waals surface area contributed by atoms with Crippen molar-refractivity contribution >= 4 is 23.1 Å². The van der Waals surface area contributed by atoms with Crippen molar-refractivity contribution in [3.8, 4) is 0 Å². The van der Waals surface area contributed by atoms with Crippen molar-refractivity contribution in [2.45, 2.75) is 38.0 Å². The third-order valence-corrected chi connectivity index (χ3v) is 5.18. The quantitative estimate of drug-likeness (QED) is 0.797. The van der Waals surface area contributed by atoms with E-state index in [1.807, 2.05) is 17.3 Å². The molecule has 2 nitrogen and oxygen atoms in total. The molecule has 0 aliphatic rings. The van der Waals surface area contributed by atoms with Crippen LogP contribution in [0.3, 0.4) is 0 Å². The first-order valence-corrected chi connectivity index (χ1v) is 7.56. The molecule has 0 bridgehead atoms. The Bertz CT molecular complexity index is 247. The number of thioether (sulfide) groups is 1. The zero-order chi connectivity index (χ0) is 11.1. The standard InChI is InChI=1S/C11H20N2S2/c1-4-11(5-2,14-3)8-12-6-10-7-15-9-13-10/h7,9,12H,4-6,8H2,1-3H3. The van der Waals surface area contributed by atoms with Crippen molar-refractivity contribution in [1.29, 1.82) is 0 Å². The number of nitrogens with one attached hydrogen (secondary N) is 1. The number of aromatic nitrogens is 1. The van der Waals surface area contributed by atoms with Gasteiger partial charge in [-0.2, -0.15) is 11.8 Å². The minimum Gasteiger partial charge on any atom is -0.310 e. The van der Waals surface area contributed by atoms with Crippen LogP contribution in [0.2, 0.25) is 0 Å². The molecule has 15 heavy (non-hydrogen) atoms. The number of hydrogen-bond donors (Lipinski definition) is 1. The minimum absolute atomic E-state index is 0.399. The van der Waals surface area contributed by atoms with Gasteiger partial charge in [0.1, 0.15) is 0 Å². The molecular formula is C11H20N2S2. The van der Waals surface area contributed by atoms with Gasteiger partial charge in [-0.05, 0) is 19.1 Å². The summed E-state index contributed by atoms with van der Waals surface area (Å²) >= 11 is 3.63. The maximum atomic E-state index is 4.26. The van der Waals surface area contributed by atoms with Crippen molar-refractivity contribution in [3.05, 3.63) is 16.6 Å².